The van der Waals surface area contributed by atoms with E-state index in [1.807, 2.05) is 0 Å². The number of methoxy groups -OCH3 is 2. The van der Waals surface area contributed by atoms with Crippen LogP contribution in [0.2, 0.25) is 0 Å². The fourth-order valence-electron chi connectivity index (χ4n) is 2.09. The van der Waals surface area contributed by atoms with E-state index in [4.69, 9.17) is 9.47 Å². The molecule has 1 amide bonds. The SMILES string of the molecule is COc1ccc(CC(=O)Nc2cc([N+](=O)[O-])ccc2F)cc1OC. The maximum Gasteiger partial charge on any atom is 0.271 e. The smallest absolute Gasteiger partial charge is 0.271 e. The van der Waals surface area contributed by atoms with Crippen LogP contribution in [-0.4, -0.2) is 25.1 Å². The third-order valence-corrected chi connectivity index (χ3v) is 3.25. The molecule has 0 aliphatic carbocycles. The minimum atomic E-state index is -0.749. The summed E-state index contributed by atoms with van der Waals surface area (Å²) < 4.78 is 23.9. The average Bonchev–Trinajstić information content (AvgIpc) is 2.56. The molecular weight excluding hydrogens is 319 g/mol. The molecule has 2 aromatic carbocycles. The highest BCUT2D eigenvalue weighted by atomic mass is 19.1. The second-order valence-corrected chi connectivity index (χ2v) is 4.84. The van der Waals surface area contributed by atoms with Gasteiger partial charge in [0.25, 0.3) is 5.69 Å². The Kier molecular flexibility index (Phi) is 5.31. The molecule has 0 heterocycles. The van der Waals surface area contributed by atoms with Gasteiger partial charge in [-0.05, 0) is 23.8 Å². The van der Waals surface area contributed by atoms with Crippen molar-refractivity contribution in [2.75, 3.05) is 19.5 Å². The van der Waals surface area contributed by atoms with Gasteiger partial charge in [0.15, 0.2) is 11.5 Å². The van der Waals surface area contributed by atoms with Crippen LogP contribution in [-0.2, 0) is 11.2 Å². The van der Waals surface area contributed by atoms with Gasteiger partial charge in [-0.2, -0.15) is 0 Å². The number of anilines is 1. The van der Waals surface area contributed by atoms with Crippen LogP contribution in [0.4, 0.5) is 15.8 Å². The number of non-ortho nitro benzene ring substituents is 1. The fraction of sp³-hybridized carbons (Fsp3) is 0.188. The van der Waals surface area contributed by atoms with Crippen LogP contribution in [0.1, 0.15) is 5.56 Å². The summed E-state index contributed by atoms with van der Waals surface area (Å²) in [6.07, 6.45) is -0.0531. The number of halogens is 1. The monoisotopic (exact) mass is 334 g/mol. The van der Waals surface area contributed by atoms with Gasteiger partial charge in [-0.1, -0.05) is 6.07 Å². The zero-order valence-electron chi connectivity index (χ0n) is 13.0. The van der Waals surface area contributed by atoms with Crippen molar-refractivity contribution in [3.8, 4) is 11.5 Å². The van der Waals surface area contributed by atoms with Crippen LogP contribution in [0, 0.1) is 15.9 Å². The third-order valence-electron chi connectivity index (χ3n) is 3.25. The predicted octanol–water partition coefficient (Wildman–Crippen LogP) is 2.93. The predicted molar refractivity (Wildman–Crippen MR) is 84.9 cm³/mol. The number of benzene rings is 2. The summed E-state index contributed by atoms with van der Waals surface area (Å²) >= 11 is 0. The summed E-state index contributed by atoms with van der Waals surface area (Å²) in [7, 11) is 2.97. The molecule has 0 saturated carbocycles. The van der Waals surface area contributed by atoms with Crippen molar-refractivity contribution in [3.05, 3.63) is 57.9 Å². The average molecular weight is 334 g/mol. The fourth-order valence-corrected chi connectivity index (χ4v) is 2.09. The van der Waals surface area contributed by atoms with E-state index in [-0.39, 0.29) is 17.8 Å². The zero-order chi connectivity index (χ0) is 17.7. The van der Waals surface area contributed by atoms with E-state index < -0.39 is 16.6 Å². The topological polar surface area (TPSA) is 90.7 Å². The molecule has 0 aliphatic rings. The number of hydrogen-bond donors (Lipinski definition) is 1. The molecule has 0 aromatic heterocycles. The van der Waals surface area contributed by atoms with Gasteiger partial charge in [0.1, 0.15) is 5.82 Å². The second kappa shape index (κ2) is 7.40. The van der Waals surface area contributed by atoms with Crippen molar-refractivity contribution in [3.63, 3.8) is 0 Å². The molecule has 1 N–H and O–H groups in total. The Morgan fingerprint density at radius 1 is 1.17 bits per heavy atom. The van der Waals surface area contributed by atoms with Gasteiger partial charge in [-0.3, -0.25) is 14.9 Å². The molecular formula is C16H15FN2O5. The summed E-state index contributed by atoms with van der Waals surface area (Å²) in [5, 5.41) is 13.0. The van der Waals surface area contributed by atoms with Gasteiger partial charge >= 0.3 is 0 Å². The first kappa shape index (κ1) is 17.2. The van der Waals surface area contributed by atoms with E-state index in [0.29, 0.717) is 17.1 Å². The molecule has 0 radical (unpaired) electrons. The normalized spacial score (nSPS) is 10.1. The Labute approximate surface area is 137 Å². The minimum absolute atomic E-state index is 0.0531. The molecule has 0 spiro atoms. The summed E-state index contributed by atoms with van der Waals surface area (Å²) in [5.41, 5.74) is 0.0727. The van der Waals surface area contributed by atoms with Crippen molar-refractivity contribution < 1.29 is 23.6 Å². The Hall–Kier alpha value is -3.16. The largest absolute Gasteiger partial charge is 0.493 e. The van der Waals surface area contributed by atoms with Crippen molar-refractivity contribution >= 4 is 17.3 Å². The number of amides is 1. The number of rotatable bonds is 6. The first-order chi connectivity index (χ1) is 11.4. The second-order valence-electron chi connectivity index (χ2n) is 4.84. The number of nitrogens with zero attached hydrogens (tertiary/aromatic N) is 1. The first-order valence-electron chi connectivity index (χ1n) is 6.89. The van der Waals surface area contributed by atoms with E-state index in [1.165, 1.54) is 14.2 Å². The van der Waals surface area contributed by atoms with Crippen LogP contribution < -0.4 is 14.8 Å². The molecule has 0 aliphatic heterocycles. The molecule has 126 valence electrons. The number of carbonyl (C=O) groups excluding carboxylic acids is 1. The molecule has 8 heteroatoms. The third kappa shape index (κ3) is 3.97. The molecule has 0 atom stereocenters. The zero-order valence-corrected chi connectivity index (χ0v) is 13.0. The highest BCUT2D eigenvalue weighted by Gasteiger charge is 2.14. The quantitative estimate of drug-likeness (QED) is 0.648. The maximum atomic E-state index is 13.7. The lowest BCUT2D eigenvalue weighted by atomic mass is 10.1. The number of carbonyl (C=O) groups is 1. The van der Waals surface area contributed by atoms with E-state index in [2.05, 4.69) is 5.32 Å². The number of ether oxygens (including phenoxy) is 2. The van der Waals surface area contributed by atoms with Gasteiger partial charge in [-0.15, -0.1) is 0 Å². The number of nitro benzene ring substituents is 1. The molecule has 24 heavy (non-hydrogen) atoms. The summed E-state index contributed by atoms with van der Waals surface area (Å²) in [6, 6.07) is 7.88. The molecule has 0 fully saturated rings. The minimum Gasteiger partial charge on any atom is -0.493 e. The van der Waals surface area contributed by atoms with Crippen molar-refractivity contribution in [1.29, 1.82) is 0 Å². The van der Waals surface area contributed by atoms with Gasteiger partial charge in [0.2, 0.25) is 5.91 Å². The lowest BCUT2D eigenvalue weighted by Crippen LogP contribution is -2.15. The van der Waals surface area contributed by atoms with E-state index >= 15 is 0 Å². The number of nitro groups is 1. The Bertz CT molecular complexity index is 779. The Morgan fingerprint density at radius 3 is 2.50 bits per heavy atom. The Morgan fingerprint density at radius 2 is 1.88 bits per heavy atom. The molecule has 0 saturated heterocycles. The lowest BCUT2D eigenvalue weighted by Gasteiger charge is -2.10. The summed E-state index contributed by atoms with van der Waals surface area (Å²) in [5.74, 6) is -0.279. The van der Waals surface area contributed by atoms with Crippen LogP contribution in [0.3, 0.4) is 0 Å². The van der Waals surface area contributed by atoms with Crippen LogP contribution in [0.5, 0.6) is 11.5 Å². The highest BCUT2D eigenvalue weighted by molar-refractivity contribution is 5.92. The van der Waals surface area contributed by atoms with Crippen LogP contribution in [0.25, 0.3) is 0 Å². The van der Waals surface area contributed by atoms with Gasteiger partial charge < -0.3 is 14.8 Å². The number of nitrogens with one attached hydrogen (secondary N) is 1. The summed E-state index contributed by atoms with van der Waals surface area (Å²) in [4.78, 5) is 22.1. The Balaban J connectivity index is 2.14. The van der Waals surface area contributed by atoms with Crippen molar-refractivity contribution in [2.45, 2.75) is 6.42 Å². The molecule has 2 aromatic rings. The standard InChI is InChI=1S/C16H15FN2O5/c1-23-14-6-3-10(7-15(14)24-2)8-16(20)18-13-9-11(19(21)22)4-5-12(13)17/h3-7,9H,8H2,1-2H3,(H,18,20). The molecule has 0 unspecified atom stereocenters. The molecule has 7 nitrogen and oxygen atoms in total. The van der Waals surface area contributed by atoms with Crippen molar-refractivity contribution in [2.24, 2.45) is 0 Å². The molecule has 0 bridgehead atoms. The van der Waals surface area contributed by atoms with E-state index in [0.717, 1.165) is 18.2 Å². The van der Waals surface area contributed by atoms with Crippen LogP contribution >= 0.6 is 0 Å². The van der Waals surface area contributed by atoms with Gasteiger partial charge in [0.05, 0.1) is 31.3 Å². The first-order valence-corrected chi connectivity index (χ1v) is 6.89. The highest BCUT2D eigenvalue weighted by Crippen LogP contribution is 2.28. The number of hydrogen-bond acceptors (Lipinski definition) is 5. The summed E-state index contributed by atoms with van der Waals surface area (Å²) in [6.45, 7) is 0. The van der Waals surface area contributed by atoms with Crippen molar-refractivity contribution in [1.82, 2.24) is 0 Å². The maximum absolute atomic E-state index is 13.7. The van der Waals surface area contributed by atoms with Crippen LogP contribution in [0.15, 0.2) is 36.4 Å². The lowest BCUT2D eigenvalue weighted by molar-refractivity contribution is -0.384. The van der Waals surface area contributed by atoms with E-state index in [1.54, 1.807) is 18.2 Å². The van der Waals surface area contributed by atoms with Gasteiger partial charge in [-0.25, -0.2) is 4.39 Å². The van der Waals surface area contributed by atoms with E-state index in [9.17, 15) is 19.3 Å². The van der Waals surface area contributed by atoms with Gasteiger partial charge in [0, 0.05) is 12.1 Å². The molecule has 2 rings (SSSR count).